The summed E-state index contributed by atoms with van der Waals surface area (Å²) in [5.41, 5.74) is 0. The molecule has 0 aliphatic rings. The van der Waals surface area contributed by atoms with Gasteiger partial charge < -0.3 is 68.6 Å². The quantitative estimate of drug-likeness (QED) is 0.0271. The van der Waals surface area contributed by atoms with Crippen LogP contribution in [0.2, 0.25) is 6.04 Å². The van der Waals surface area contributed by atoms with Gasteiger partial charge in [-0.15, -0.1) is 0 Å². The Kier molecular flexibility index (Phi) is 33.7. The number of hydrogen-bond donors (Lipinski definition) is 7. The van der Waals surface area contributed by atoms with Gasteiger partial charge in [-0.1, -0.05) is 51.4 Å². The van der Waals surface area contributed by atoms with E-state index in [4.69, 9.17) is 32.6 Å². The first-order valence-corrected chi connectivity index (χ1v) is 22.9. The van der Waals surface area contributed by atoms with Crippen LogP contribution in [0.3, 0.4) is 0 Å². The molecule has 0 radical (unpaired) electrons. The summed E-state index contributed by atoms with van der Waals surface area (Å²) in [6, 6.07) is 0.653. The minimum Gasteiger partial charge on any atom is -0.394 e. The van der Waals surface area contributed by atoms with E-state index in [9.17, 15) is 25.2 Å². The normalized spacial score (nSPS) is 14.6. The maximum absolute atomic E-state index is 13.2. The number of nitrogens with one attached hydrogen (secondary N) is 2. The molecule has 0 rings (SSSR count). The van der Waals surface area contributed by atoms with Crippen LogP contribution in [0.25, 0.3) is 0 Å². The highest BCUT2D eigenvalue weighted by atomic mass is 28.4. The monoisotopic (exact) mass is 800 g/mol. The number of amides is 1. The summed E-state index contributed by atoms with van der Waals surface area (Å²) in [5, 5.41) is 56.5. The third kappa shape index (κ3) is 23.4. The van der Waals surface area contributed by atoms with Crippen molar-refractivity contribution >= 4 is 14.7 Å². The lowest BCUT2D eigenvalue weighted by Crippen LogP contribution is -2.54. The van der Waals surface area contributed by atoms with Gasteiger partial charge in [0.05, 0.1) is 6.61 Å². The SMILES string of the molecule is CCOC(CCCCCCCCCCCCNCCN(CCNCCC[Si](OCC)(OCC)OCC)C(=O)[C@H](O)[C@@H](O)[C@H](O)[C@H](O)CO)(OCC)OCC. The highest BCUT2D eigenvalue weighted by Crippen LogP contribution is 2.24. The summed E-state index contributed by atoms with van der Waals surface area (Å²) in [5.74, 6) is -1.67. The van der Waals surface area contributed by atoms with Crippen LogP contribution < -0.4 is 10.6 Å². The number of nitrogens with zero attached hydrogens (tertiary/aromatic N) is 1. The van der Waals surface area contributed by atoms with Crippen molar-refractivity contribution in [2.45, 2.75) is 155 Å². The van der Waals surface area contributed by atoms with E-state index in [1.807, 2.05) is 41.5 Å². The number of rotatable bonds is 40. The zero-order valence-corrected chi connectivity index (χ0v) is 35.7. The summed E-state index contributed by atoms with van der Waals surface area (Å²) >= 11 is 0. The molecule has 16 heteroatoms. The van der Waals surface area contributed by atoms with Gasteiger partial charge in [0.15, 0.2) is 6.10 Å². The van der Waals surface area contributed by atoms with Gasteiger partial charge >= 0.3 is 8.80 Å². The average Bonchev–Trinajstić information content (AvgIpc) is 3.15. The number of aliphatic hydroxyl groups excluding tert-OH is 5. The Morgan fingerprint density at radius 2 is 1.02 bits per heavy atom. The third-order valence-electron chi connectivity index (χ3n) is 9.04. The van der Waals surface area contributed by atoms with Crippen molar-refractivity contribution < 1.29 is 57.8 Å². The summed E-state index contributed by atoms with van der Waals surface area (Å²) in [7, 11) is -2.75. The van der Waals surface area contributed by atoms with Gasteiger partial charge in [0.2, 0.25) is 0 Å². The molecule has 0 saturated carbocycles. The second-order valence-electron chi connectivity index (χ2n) is 13.4. The summed E-state index contributed by atoms with van der Waals surface area (Å²) < 4.78 is 35.2. The number of hydrogen-bond acceptors (Lipinski definition) is 14. The van der Waals surface area contributed by atoms with E-state index >= 15 is 0 Å². The number of unbranched alkanes of at least 4 members (excludes halogenated alkanes) is 9. The van der Waals surface area contributed by atoms with Crippen LogP contribution in [0, 0.1) is 0 Å². The van der Waals surface area contributed by atoms with E-state index in [0.717, 1.165) is 45.1 Å². The number of carbonyl (C=O) groups is 1. The van der Waals surface area contributed by atoms with E-state index in [1.54, 1.807) is 0 Å². The zero-order chi connectivity index (χ0) is 40.5. The van der Waals surface area contributed by atoms with Crippen LogP contribution in [-0.2, 0) is 32.3 Å². The molecule has 15 nitrogen and oxygen atoms in total. The van der Waals surface area contributed by atoms with E-state index in [-0.39, 0.29) is 13.1 Å². The second kappa shape index (κ2) is 34.2. The van der Waals surface area contributed by atoms with Gasteiger partial charge in [-0.05, 0) is 73.9 Å². The smallest absolute Gasteiger partial charge is 0.394 e. The minimum absolute atomic E-state index is 0.252. The van der Waals surface area contributed by atoms with Crippen LogP contribution in [0.1, 0.15) is 119 Å². The van der Waals surface area contributed by atoms with Crippen LogP contribution in [0.15, 0.2) is 0 Å². The van der Waals surface area contributed by atoms with Gasteiger partial charge in [0.25, 0.3) is 11.9 Å². The zero-order valence-electron chi connectivity index (χ0n) is 34.7. The van der Waals surface area contributed by atoms with Crippen molar-refractivity contribution in [2.75, 3.05) is 85.5 Å². The number of carbonyl (C=O) groups excluding carboxylic acids is 1. The molecule has 0 heterocycles. The summed E-state index contributed by atoms with van der Waals surface area (Å²) in [6.45, 7) is 16.9. The molecular formula is C38H81N3O12Si. The van der Waals surface area contributed by atoms with E-state index in [2.05, 4.69) is 10.6 Å². The van der Waals surface area contributed by atoms with Gasteiger partial charge in [0.1, 0.15) is 18.3 Å². The summed E-state index contributed by atoms with van der Waals surface area (Å²) in [4.78, 5) is 14.6. The molecule has 0 aliphatic carbocycles. The van der Waals surface area contributed by atoms with Gasteiger partial charge in [-0.2, -0.15) is 0 Å². The maximum atomic E-state index is 13.2. The molecule has 0 aromatic carbocycles. The molecule has 324 valence electrons. The van der Waals surface area contributed by atoms with E-state index in [0.29, 0.717) is 65.3 Å². The molecule has 0 aromatic rings. The first-order chi connectivity index (χ1) is 26.1. The van der Waals surface area contributed by atoms with Gasteiger partial charge in [0, 0.05) is 78.3 Å². The molecule has 54 heavy (non-hydrogen) atoms. The van der Waals surface area contributed by atoms with E-state index < -0.39 is 51.7 Å². The molecule has 7 N–H and O–H groups in total. The number of ether oxygens (including phenoxy) is 3. The molecule has 0 aliphatic heterocycles. The number of aliphatic hydroxyl groups is 5. The first-order valence-electron chi connectivity index (χ1n) is 20.9. The van der Waals surface area contributed by atoms with E-state index in [1.165, 1.54) is 43.4 Å². The molecule has 4 atom stereocenters. The van der Waals surface area contributed by atoms with Crippen LogP contribution in [0.4, 0.5) is 0 Å². The Bertz CT molecular complexity index is 834. The summed E-state index contributed by atoms with van der Waals surface area (Å²) in [6.07, 6.45) is 5.54. The van der Waals surface area contributed by atoms with Crippen molar-refractivity contribution in [1.29, 1.82) is 0 Å². The predicted molar refractivity (Wildman–Crippen MR) is 212 cm³/mol. The van der Waals surface area contributed by atoms with Crippen LogP contribution in [0.5, 0.6) is 0 Å². The van der Waals surface area contributed by atoms with Crippen molar-refractivity contribution in [1.82, 2.24) is 15.5 Å². The molecule has 0 spiro atoms. The maximum Gasteiger partial charge on any atom is 0.500 e. The Labute approximate surface area is 328 Å². The second-order valence-corrected chi connectivity index (χ2v) is 16.1. The van der Waals surface area contributed by atoms with Crippen molar-refractivity contribution in [2.24, 2.45) is 0 Å². The van der Waals surface area contributed by atoms with Gasteiger partial charge in [-0.3, -0.25) is 4.79 Å². The molecular weight excluding hydrogens is 719 g/mol. The lowest BCUT2D eigenvalue weighted by atomic mass is 10.0. The fourth-order valence-electron chi connectivity index (χ4n) is 6.30. The molecule has 0 unspecified atom stereocenters. The van der Waals surface area contributed by atoms with Crippen LogP contribution >= 0.6 is 0 Å². The fourth-order valence-corrected chi connectivity index (χ4v) is 8.92. The molecule has 0 aromatic heterocycles. The lowest BCUT2D eigenvalue weighted by molar-refractivity contribution is -0.380. The Balaban J connectivity index is 4.57. The van der Waals surface area contributed by atoms with Gasteiger partial charge in [-0.25, -0.2) is 0 Å². The highest BCUT2D eigenvalue weighted by Gasteiger charge is 2.40. The minimum atomic E-state index is -2.75. The Morgan fingerprint density at radius 3 is 1.44 bits per heavy atom. The van der Waals surface area contributed by atoms with Crippen molar-refractivity contribution in [3.8, 4) is 0 Å². The standard InChI is InChI=1S/C38H81N3O12Si/c1-7-48-38(49-8-2,50-9-3)24-21-19-17-15-13-14-16-18-20-22-25-39-27-29-41(37(47)36(46)35(45)34(44)33(43)32-42)30-28-40-26-23-31-54(51-10-4,52-11-5)53-12-6/h33-36,39-40,42-46H,7-32H2,1-6H3/t33-,34-,35+,36-/m1/s1. The lowest BCUT2D eigenvalue weighted by Gasteiger charge is -2.32. The van der Waals surface area contributed by atoms with Crippen molar-refractivity contribution in [3.63, 3.8) is 0 Å². The topological polar surface area (TPSA) is 201 Å². The molecule has 1 amide bonds. The highest BCUT2D eigenvalue weighted by molar-refractivity contribution is 6.60. The average molecular weight is 800 g/mol. The van der Waals surface area contributed by atoms with Crippen molar-refractivity contribution in [3.05, 3.63) is 0 Å². The van der Waals surface area contributed by atoms with Crippen LogP contribution in [-0.4, -0.2) is 161 Å². The Morgan fingerprint density at radius 1 is 0.593 bits per heavy atom. The molecule has 0 fully saturated rings. The molecule has 0 bridgehead atoms. The third-order valence-corrected chi connectivity index (χ3v) is 12.2. The fraction of sp³-hybridized carbons (Fsp3) is 0.974. The Hall–Kier alpha value is -0.833. The largest absolute Gasteiger partial charge is 0.500 e. The first kappa shape index (κ1) is 53.2. The predicted octanol–water partition coefficient (Wildman–Crippen LogP) is 2.92. The molecule has 0 saturated heterocycles.